The van der Waals surface area contributed by atoms with Crippen LogP contribution in [0.25, 0.3) is 0 Å². The van der Waals surface area contributed by atoms with Crippen LogP contribution in [0.15, 0.2) is 0 Å². The second-order valence-electron chi connectivity index (χ2n) is 5.39. The highest BCUT2D eigenvalue weighted by molar-refractivity contribution is 8.00. The van der Waals surface area contributed by atoms with Gasteiger partial charge in [-0.3, -0.25) is 10.2 Å². The molecule has 100 valence electrons. The summed E-state index contributed by atoms with van der Waals surface area (Å²) in [5, 5.41) is 0.776. The molecule has 18 heavy (non-hydrogen) atoms. The van der Waals surface area contributed by atoms with Crippen LogP contribution in [0.2, 0.25) is 0 Å². The lowest BCUT2D eigenvalue weighted by atomic mass is 10.0. The van der Waals surface area contributed by atoms with Crippen LogP contribution in [0, 0.1) is 5.92 Å². The molecule has 0 spiro atoms. The van der Waals surface area contributed by atoms with E-state index in [1.807, 2.05) is 4.90 Å². The lowest BCUT2D eigenvalue weighted by Gasteiger charge is -2.45. The molecular weight excluding hydrogens is 268 g/mol. The van der Waals surface area contributed by atoms with Gasteiger partial charge in [-0.25, -0.2) is 0 Å². The number of nitrogens with one attached hydrogen (secondary N) is 2. The Bertz CT molecular complexity index is 389. The van der Waals surface area contributed by atoms with Gasteiger partial charge in [0.05, 0.1) is 6.04 Å². The smallest absolute Gasteiger partial charge is 0.240 e. The molecule has 0 aromatic carbocycles. The van der Waals surface area contributed by atoms with Crippen molar-refractivity contribution in [3.63, 3.8) is 0 Å². The van der Waals surface area contributed by atoms with Gasteiger partial charge in [0.15, 0.2) is 11.4 Å². The van der Waals surface area contributed by atoms with Crippen LogP contribution >= 0.6 is 24.0 Å². The molecular formula is C11H18N4OS2. The lowest BCUT2D eigenvalue weighted by Crippen LogP contribution is -2.66. The molecule has 7 heteroatoms. The predicted molar refractivity (Wildman–Crippen MR) is 75.7 cm³/mol. The molecule has 0 aromatic heterocycles. The van der Waals surface area contributed by atoms with E-state index in [4.69, 9.17) is 12.2 Å². The molecule has 2 N–H and O–H groups in total. The van der Waals surface area contributed by atoms with Crippen molar-refractivity contribution in [2.24, 2.45) is 5.92 Å². The van der Waals surface area contributed by atoms with Gasteiger partial charge in [-0.2, -0.15) is 5.43 Å². The standard InChI is InChI=1S/C11H18N4OS2/c1-6(2)5-14-9(16)8-7(3-4-18-8)15-10(14)12-13-11(15)17/h6-8,10,12H,3-5H2,1-2H3,(H,13,17). The minimum Gasteiger partial charge on any atom is -0.309 e. The van der Waals surface area contributed by atoms with Gasteiger partial charge in [0.25, 0.3) is 0 Å². The molecule has 3 rings (SSSR count). The van der Waals surface area contributed by atoms with Crippen molar-refractivity contribution in [1.82, 2.24) is 20.7 Å². The highest BCUT2D eigenvalue weighted by Gasteiger charge is 2.52. The number of carbonyl (C=O) groups excluding carboxylic acids is 1. The monoisotopic (exact) mass is 286 g/mol. The third-order valence-electron chi connectivity index (χ3n) is 3.61. The molecule has 3 saturated heterocycles. The summed E-state index contributed by atoms with van der Waals surface area (Å²) in [5.74, 6) is 1.76. The van der Waals surface area contributed by atoms with E-state index in [0.717, 1.165) is 23.8 Å². The van der Waals surface area contributed by atoms with E-state index in [9.17, 15) is 4.79 Å². The molecule has 1 amide bonds. The van der Waals surface area contributed by atoms with Crippen molar-refractivity contribution in [1.29, 1.82) is 0 Å². The summed E-state index contributed by atoms with van der Waals surface area (Å²) < 4.78 is 0. The van der Waals surface area contributed by atoms with Crippen LogP contribution in [0.3, 0.4) is 0 Å². The second kappa shape index (κ2) is 4.54. The van der Waals surface area contributed by atoms with Crippen molar-refractivity contribution < 1.29 is 4.79 Å². The Balaban J connectivity index is 1.91. The first kappa shape index (κ1) is 12.5. The summed E-state index contributed by atoms with van der Waals surface area (Å²) in [6, 6.07) is 0.255. The molecule has 3 fully saturated rings. The number of amides is 1. The van der Waals surface area contributed by atoms with E-state index < -0.39 is 0 Å². The summed E-state index contributed by atoms with van der Waals surface area (Å²) in [6.45, 7) is 5.03. The number of carbonyl (C=O) groups is 1. The van der Waals surface area contributed by atoms with Gasteiger partial charge in [0.1, 0.15) is 5.25 Å². The number of thiocarbonyl (C=S) groups is 1. The average Bonchev–Trinajstić information content (AvgIpc) is 2.90. The third-order valence-corrected chi connectivity index (χ3v) is 5.27. The van der Waals surface area contributed by atoms with Gasteiger partial charge in [-0.05, 0) is 30.3 Å². The first-order chi connectivity index (χ1) is 8.59. The summed E-state index contributed by atoms with van der Waals surface area (Å²) in [4.78, 5) is 16.7. The Morgan fingerprint density at radius 2 is 2.33 bits per heavy atom. The molecule has 3 unspecified atom stereocenters. The van der Waals surface area contributed by atoms with Gasteiger partial charge in [-0.1, -0.05) is 13.8 Å². The third kappa shape index (κ3) is 1.80. The Morgan fingerprint density at radius 3 is 3.06 bits per heavy atom. The van der Waals surface area contributed by atoms with Gasteiger partial charge >= 0.3 is 0 Å². The molecule has 0 saturated carbocycles. The molecule has 3 atom stereocenters. The number of nitrogens with zero attached hydrogens (tertiary/aromatic N) is 2. The quantitative estimate of drug-likeness (QED) is 0.714. The van der Waals surface area contributed by atoms with E-state index in [1.54, 1.807) is 11.8 Å². The fourth-order valence-corrected chi connectivity index (χ4v) is 4.59. The Morgan fingerprint density at radius 1 is 1.56 bits per heavy atom. The van der Waals surface area contributed by atoms with Crippen LogP contribution < -0.4 is 10.9 Å². The summed E-state index contributed by atoms with van der Waals surface area (Å²) in [5.41, 5.74) is 6.14. The average molecular weight is 286 g/mol. The molecule has 0 radical (unpaired) electrons. The zero-order valence-electron chi connectivity index (χ0n) is 10.5. The van der Waals surface area contributed by atoms with Crippen molar-refractivity contribution in [2.75, 3.05) is 12.3 Å². The molecule has 5 nitrogen and oxygen atoms in total. The van der Waals surface area contributed by atoms with E-state index in [-0.39, 0.29) is 23.5 Å². The number of hydrazine groups is 1. The second-order valence-corrected chi connectivity index (χ2v) is 7.02. The first-order valence-corrected chi connectivity index (χ1v) is 7.81. The van der Waals surface area contributed by atoms with E-state index in [1.165, 1.54) is 0 Å². The van der Waals surface area contributed by atoms with Crippen LogP contribution in [0.1, 0.15) is 20.3 Å². The fraction of sp³-hybridized carbons (Fsp3) is 0.818. The SMILES string of the molecule is CC(C)CN1C(=O)C2SCCC2N2C(=S)NNC12. The van der Waals surface area contributed by atoms with Gasteiger partial charge in [0.2, 0.25) is 5.91 Å². The van der Waals surface area contributed by atoms with Crippen LogP contribution in [-0.4, -0.2) is 50.7 Å². The summed E-state index contributed by atoms with van der Waals surface area (Å²) >= 11 is 7.12. The molecule has 3 aliphatic heterocycles. The Kier molecular flexibility index (Phi) is 3.15. The molecule has 3 heterocycles. The molecule has 0 aliphatic carbocycles. The first-order valence-electron chi connectivity index (χ1n) is 6.35. The van der Waals surface area contributed by atoms with Crippen molar-refractivity contribution in [2.45, 2.75) is 37.8 Å². The van der Waals surface area contributed by atoms with Crippen molar-refractivity contribution in [3.05, 3.63) is 0 Å². The summed E-state index contributed by atoms with van der Waals surface area (Å²) in [6.07, 6.45) is 0.934. The predicted octanol–water partition coefficient (Wildman–Crippen LogP) is 0.337. The number of hydrogen-bond acceptors (Lipinski definition) is 4. The lowest BCUT2D eigenvalue weighted by molar-refractivity contribution is -0.144. The number of rotatable bonds is 2. The van der Waals surface area contributed by atoms with Crippen molar-refractivity contribution >= 4 is 35.0 Å². The highest BCUT2D eigenvalue weighted by atomic mass is 32.2. The number of fused-ring (bicyclic) bond motifs is 3. The molecule has 0 bridgehead atoms. The summed E-state index contributed by atoms with van der Waals surface area (Å²) in [7, 11) is 0. The number of thioether (sulfide) groups is 1. The van der Waals surface area contributed by atoms with Crippen LogP contribution in [-0.2, 0) is 4.79 Å². The Labute approximate surface area is 117 Å². The Hall–Kier alpha value is -0.530. The van der Waals surface area contributed by atoms with Gasteiger partial charge in [0, 0.05) is 6.54 Å². The van der Waals surface area contributed by atoms with Crippen LogP contribution in [0.5, 0.6) is 0 Å². The van der Waals surface area contributed by atoms with E-state index in [0.29, 0.717) is 5.92 Å². The zero-order valence-corrected chi connectivity index (χ0v) is 12.2. The van der Waals surface area contributed by atoms with Crippen molar-refractivity contribution in [3.8, 4) is 0 Å². The zero-order chi connectivity index (χ0) is 12.9. The topological polar surface area (TPSA) is 47.6 Å². The van der Waals surface area contributed by atoms with Gasteiger partial charge in [-0.15, -0.1) is 11.8 Å². The normalized spacial score (nSPS) is 34.9. The maximum Gasteiger partial charge on any atom is 0.240 e. The molecule has 0 aromatic rings. The largest absolute Gasteiger partial charge is 0.309 e. The minimum atomic E-state index is -0.104. The fourth-order valence-electron chi connectivity index (χ4n) is 2.90. The van der Waals surface area contributed by atoms with E-state index >= 15 is 0 Å². The minimum absolute atomic E-state index is 0.0552. The molecule has 3 aliphatic rings. The van der Waals surface area contributed by atoms with E-state index in [2.05, 4.69) is 29.6 Å². The maximum absolute atomic E-state index is 12.6. The number of hydrogen-bond donors (Lipinski definition) is 2. The van der Waals surface area contributed by atoms with Gasteiger partial charge < -0.3 is 9.80 Å². The highest BCUT2D eigenvalue weighted by Crippen LogP contribution is 2.38. The maximum atomic E-state index is 12.6. The van der Waals surface area contributed by atoms with Crippen LogP contribution in [0.4, 0.5) is 0 Å².